The van der Waals surface area contributed by atoms with E-state index < -0.39 is 17.1 Å². The van der Waals surface area contributed by atoms with Crippen LogP contribution in [0.5, 0.6) is 0 Å². The van der Waals surface area contributed by atoms with E-state index in [9.17, 15) is 0 Å². The third-order valence-corrected chi connectivity index (χ3v) is 13.0. The molecule has 0 rings (SSSR count). The van der Waals surface area contributed by atoms with Crippen LogP contribution in [0.4, 0.5) is 0 Å². The Hall–Kier alpha value is 0.624. The van der Waals surface area contributed by atoms with Gasteiger partial charge in [0.15, 0.2) is 0 Å². The summed E-state index contributed by atoms with van der Waals surface area (Å²) in [6.45, 7) is 6.44. The van der Waals surface area contributed by atoms with Crippen LogP contribution in [-0.2, 0) is 17.7 Å². The Bertz CT molecular complexity index is 236. The van der Waals surface area contributed by atoms with Crippen LogP contribution in [-0.4, -0.2) is 56.2 Å². The van der Waals surface area contributed by atoms with Crippen molar-refractivity contribution in [2.24, 2.45) is 0 Å². The minimum atomic E-state index is -2.03. The van der Waals surface area contributed by atoms with E-state index in [1.165, 1.54) is 0 Å². The highest BCUT2D eigenvalue weighted by atomic mass is 32.2. The first-order valence-corrected chi connectivity index (χ1v) is 12.7. The Balaban J connectivity index is 4.17. The monoisotopic (exact) mass is 326 g/mol. The Kier molecular flexibility index (Phi) is 9.85. The fourth-order valence-electron chi connectivity index (χ4n) is 1.89. The van der Waals surface area contributed by atoms with Gasteiger partial charge in [-0.3, -0.25) is 0 Å². The highest BCUT2D eigenvalue weighted by Gasteiger charge is 2.38. The van der Waals surface area contributed by atoms with Crippen molar-refractivity contribution in [3.63, 3.8) is 0 Å². The standard InChI is InChI=1S/C12H30O4SSi2/c1-8-12(19(7,15-4)16-5)17-10-9-11-18(6,13-2)14-3/h12H,8-11H2,1-7H3. The van der Waals surface area contributed by atoms with E-state index in [4.69, 9.17) is 17.7 Å². The molecule has 1 atom stereocenters. The Morgan fingerprint density at radius 1 is 0.947 bits per heavy atom. The molecule has 0 radical (unpaired) electrons. The van der Waals surface area contributed by atoms with Crippen LogP contribution in [0, 0.1) is 0 Å². The van der Waals surface area contributed by atoms with Crippen LogP contribution in [0.1, 0.15) is 19.8 Å². The summed E-state index contributed by atoms with van der Waals surface area (Å²) in [6, 6.07) is 1.03. The van der Waals surface area contributed by atoms with E-state index in [0.717, 1.165) is 24.6 Å². The van der Waals surface area contributed by atoms with Crippen molar-refractivity contribution in [1.82, 2.24) is 0 Å². The van der Waals surface area contributed by atoms with Gasteiger partial charge < -0.3 is 17.7 Å². The zero-order valence-corrected chi connectivity index (χ0v) is 16.3. The molecule has 0 aromatic rings. The minimum Gasteiger partial charge on any atom is -0.398 e. The fraction of sp³-hybridized carbons (Fsp3) is 1.00. The number of hydrogen-bond acceptors (Lipinski definition) is 5. The molecule has 0 aliphatic carbocycles. The summed E-state index contributed by atoms with van der Waals surface area (Å²) in [7, 11) is 3.09. The molecule has 0 aliphatic rings. The van der Waals surface area contributed by atoms with E-state index in [1.807, 2.05) is 11.8 Å². The van der Waals surface area contributed by atoms with Gasteiger partial charge in [-0.05, 0) is 37.7 Å². The summed E-state index contributed by atoms with van der Waals surface area (Å²) in [5, 5.41) is 0. The molecule has 4 nitrogen and oxygen atoms in total. The van der Waals surface area contributed by atoms with Gasteiger partial charge in [-0.25, -0.2) is 0 Å². The van der Waals surface area contributed by atoms with Crippen LogP contribution in [0.3, 0.4) is 0 Å². The third kappa shape index (κ3) is 6.28. The van der Waals surface area contributed by atoms with Crippen molar-refractivity contribution < 1.29 is 17.7 Å². The second-order valence-electron chi connectivity index (χ2n) is 4.84. The lowest BCUT2D eigenvalue weighted by Crippen LogP contribution is -2.47. The SMILES string of the molecule is CCC(SCCC[Si](C)(OC)OC)[Si](C)(OC)OC. The summed E-state index contributed by atoms with van der Waals surface area (Å²) in [6.07, 6.45) is 2.20. The molecule has 19 heavy (non-hydrogen) atoms. The van der Waals surface area contributed by atoms with E-state index in [2.05, 4.69) is 20.0 Å². The average molecular weight is 327 g/mol. The maximum atomic E-state index is 5.64. The first-order valence-electron chi connectivity index (χ1n) is 6.73. The lowest BCUT2D eigenvalue weighted by molar-refractivity contribution is 0.247. The van der Waals surface area contributed by atoms with Gasteiger partial charge in [-0.15, -0.1) is 0 Å². The molecule has 0 aliphatic heterocycles. The second kappa shape index (κ2) is 9.54. The lowest BCUT2D eigenvalue weighted by atomic mass is 10.6. The second-order valence-corrected chi connectivity index (χ2v) is 13.7. The smallest absolute Gasteiger partial charge is 0.347 e. The largest absolute Gasteiger partial charge is 0.398 e. The van der Waals surface area contributed by atoms with Crippen LogP contribution >= 0.6 is 11.8 Å². The van der Waals surface area contributed by atoms with Crippen molar-refractivity contribution in [3.05, 3.63) is 0 Å². The van der Waals surface area contributed by atoms with Gasteiger partial charge in [0.2, 0.25) is 0 Å². The first-order chi connectivity index (χ1) is 8.91. The predicted octanol–water partition coefficient (Wildman–Crippen LogP) is 3.16. The van der Waals surface area contributed by atoms with Crippen molar-refractivity contribution >= 4 is 28.9 Å². The molecule has 0 aromatic heterocycles. The van der Waals surface area contributed by atoms with Gasteiger partial charge >= 0.3 is 17.1 Å². The molecule has 0 N–H and O–H groups in total. The zero-order chi connectivity index (χ0) is 14.9. The van der Waals surface area contributed by atoms with Gasteiger partial charge in [-0.2, -0.15) is 11.8 Å². The van der Waals surface area contributed by atoms with Gasteiger partial charge in [0.1, 0.15) is 0 Å². The molecular weight excluding hydrogens is 296 g/mol. The van der Waals surface area contributed by atoms with Crippen LogP contribution in [0.25, 0.3) is 0 Å². The topological polar surface area (TPSA) is 36.9 Å². The van der Waals surface area contributed by atoms with E-state index in [0.29, 0.717) is 4.87 Å². The summed E-state index contributed by atoms with van der Waals surface area (Å²) >= 11 is 1.96. The molecule has 0 amide bonds. The highest BCUT2D eigenvalue weighted by molar-refractivity contribution is 8.01. The van der Waals surface area contributed by atoms with Gasteiger partial charge in [0.05, 0.1) is 0 Å². The van der Waals surface area contributed by atoms with Gasteiger partial charge in [0, 0.05) is 33.3 Å². The molecule has 0 aromatic carbocycles. The minimum absolute atomic E-state index is 0.473. The first kappa shape index (κ1) is 19.6. The van der Waals surface area contributed by atoms with Crippen molar-refractivity contribution in [2.45, 2.75) is 43.8 Å². The summed E-state index contributed by atoms with van der Waals surface area (Å²) < 4.78 is 22.3. The number of rotatable bonds is 11. The Morgan fingerprint density at radius 2 is 1.47 bits per heavy atom. The molecule has 0 saturated heterocycles. The fourth-order valence-corrected chi connectivity index (χ4v) is 7.95. The lowest BCUT2D eigenvalue weighted by Gasteiger charge is -2.31. The molecule has 0 saturated carbocycles. The molecule has 0 fully saturated rings. The summed E-state index contributed by atoms with van der Waals surface area (Å²) in [4.78, 5) is 0.473. The average Bonchev–Trinajstić information content (AvgIpc) is 2.46. The van der Waals surface area contributed by atoms with Crippen molar-refractivity contribution in [1.29, 1.82) is 0 Å². The van der Waals surface area contributed by atoms with Crippen LogP contribution in [0.2, 0.25) is 19.1 Å². The van der Waals surface area contributed by atoms with Crippen LogP contribution in [0.15, 0.2) is 0 Å². The maximum Gasteiger partial charge on any atom is 0.347 e. The molecule has 7 heteroatoms. The molecule has 1 unspecified atom stereocenters. The van der Waals surface area contributed by atoms with E-state index in [1.54, 1.807) is 28.4 Å². The molecular formula is C12H30O4SSi2. The van der Waals surface area contributed by atoms with Crippen molar-refractivity contribution in [2.75, 3.05) is 34.2 Å². The molecule has 0 spiro atoms. The number of hydrogen-bond donors (Lipinski definition) is 0. The summed E-state index contributed by atoms with van der Waals surface area (Å²) in [5.41, 5.74) is 0. The van der Waals surface area contributed by atoms with Crippen molar-refractivity contribution in [3.8, 4) is 0 Å². The van der Waals surface area contributed by atoms with Gasteiger partial charge in [0.25, 0.3) is 0 Å². The van der Waals surface area contributed by atoms with Gasteiger partial charge in [-0.1, -0.05) is 6.92 Å². The molecule has 116 valence electrons. The normalized spacial score (nSPS) is 14.7. The third-order valence-electron chi connectivity index (χ3n) is 3.72. The summed E-state index contributed by atoms with van der Waals surface area (Å²) in [5.74, 6) is 1.10. The quantitative estimate of drug-likeness (QED) is 0.431. The Morgan fingerprint density at radius 3 is 1.84 bits per heavy atom. The zero-order valence-electron chi connectivity index (χ0n) is 13.4. The maximum absolute atomic E-state index is 5.64. The highest BCUT2D eigenvalue weighted by Crippen LogP contribution is 2.28. The number of thioether (sulfide) groups is 1. The molecule has 0 bridgehead atoms. The predicted molar refractivity (Wildman–Crippen MR) is 87.2 cm³/mol. The van der Waals surface area contributed by atoms with Crippen LogP contribution < -0.4 is 0 Å². The Labute approximate surface area is 125 Å². The van der Waals surface area contributed by atoms with E-state index >= 15 is 0 Å². The molecule has 0 heterocycles. The van der Waals surface area contributed by atoms with E-state index in [-0.39, 0.29) is 0 Å².